The molecule has 0 bridgehead atoms. The van der Waals surface area contributed by atoms with E-state index in [1.165, 1.54) is 32.1 Å². The largest absolute Gasteiger partial charge is 0.496 e. The van der Waals surface area contributed by atoms with E-state index in [-0.39, 0.29) is 5.91 Å². The molecule has 36 heavy (non-hydrogen) atoms. The van der Waals surface area contributed by atoms with Crippen LogP contribution in [0.4, 0.5) is 0 Å². The fraction of sp³-hybridized carbons (Fsp3) is 0.464. The molecule has 2 aromatic carbocycles. The van der Waals surface area contributed by atoms with Gasteiger partial charge in [-0.2, -0.15) is 0 Å². The lowest BCUT2D eigenvalue weighted by atomic mass is 9.94. The van der Waals surface area contributed by atoms with Gasteiger partial charge in [-0.1, -0.05) is 55.7 Å². The van der Waals surface area contributed by atoms with Gasteiger partial charge in [0.15, 0.2) is 0 Å². The summed E-state index contributed by atoms with van der Waals surface area (Å²) >= 11 is 0. The van der Waals surface area contributed by atoms with Crippen molar-refractivity contribution < 1.29 is 19.1 Å². The molecule has 194 valence electrons. The Morgan fingerprint density at radius 3 is 2.28 bits per heavy atom. The Morgan fingerprint density at radius 2 is 1.69 bits per heavy atom. The molecule has 2 aromatic rings. The van der Waals surface area contributed by atoms with E-state index in [1.54, 1.807) is 31.4 Å². The predicted molar refractivity (Wildman–Crippen MR) is 140 cm³/mol. The van der Waals surface area contributed by atoms with E-state index in [2.05, 4.69) is 10.2 Å². The summed E-state index contributed by atoms with van der Waals surface area (Å²) in [5, 5.41) is 2.34. The third-order valence-corrected chi connectivity index (χ3v) is 7.00. The van der Waals surface area contributed by atoms with E-state index < -0.39 is 11.9 Å². The maximum absolute atomic E-state index is 12.7. The second kappa shape index (κ2) is 13.6. The molecule has 8 nitrogen and oxygen atoms in total. The number of carbonyl (C=O) groups is 3. The van der Waals surface area contributed by atoms with E-state index >= 15 is 0 Å². The SMILES string of the molecule is COc1cc(C(=O)N2CCN(C3CCCCC3)CC2)ccc1C.NC(=O)C(NC=O)c1ccccc1. The van der Waals surface area contributed by atoms with Crippen LogP contribution in [0.15, 0.2) is 48.5 Å². The minimum Gasteiger partial charge on any atom is -0.496 e. The molecule has 8 heteroatoms. The number of hydrogen-bond acceptors (Lipinski definition) is 5. The average molecular weight is 495 g/mol. The van der Waals surface area contributed by atoms with Crippen molar-refractivity contribution in [3.8, 4) is 5.75 Å². The smallest absolute Gasteiger partial charge is 0.254 e. The third kappa shape index (κ3) is 7.31. The van der Waals surface area contributed by atoms with Crippen molar-refractivity contribution in [2.24, 2.45) is 5.73 Å². The maximum atomic E-state index is 12.7. The third-order valence-electron chi connectivity index (χ3n) is 7.00. The first-order valence-corrected chi connectivity index (χ1v) is 12.7. The van der Waals surface area contributed by atoms with Crippen LogP contribution in [0.2, 0.25) is 0 Å². The molecule has 1 unspecified atom stereocenters. The van der Waals surface area contributed by atoms with Crippen molar-refractivity contribution in [3.63, 3.8) is 0 Å². The molecular weight excluding hydrogens is 456 g/mol. The number of piperazine rings is 1. The van der Waals surface area contributed by atoms with Gasteiger partial charge in [0.05, 0.1) is 7.11 Å². The molecule has 1 saturated heterocycles. The van der Waals surface area contributed by atoms with E-state index in [4.69, 9.17) is 10.5 Å². The molecular formula is C28H38N4O4. The summed E-state index contributed by atoms with van der Waals surface area (Å²) in [6.07, 6.45) is 7.26. The summed E-state index contributed by atoms with van der Waals surface area (Å²) < 4.78 is 5.34. The lowest BCUT2D eigenvalue weighted by Gasteiger charge is -2.40. The number of hydrogen-bond donors (Lipinski definition) is 2. The first-order valence-electron chi connectivity index (χ1n) is 12.7. The number of rotatable bonds is 7. The number of nitrogens with two attached hydrogens (primary N) is 1. The molecule has 0 radical (unpaired) electrons. The minimum absolute atomic E-state index is 0.131. The van der Waals surface area contributed by atoms with Gasteiger partial charge < -0.3 is 20.7 Å². The highest BCUT2D eigenvalue weighted by atomic mass is 16.5. The molecule has 1 atom stereocenters. The van der Waals surface area contributed by atoms with Crippen molar-refractivity contribution in [2.45, 2.75) is 51.1 Å². The number of nitrogens with zero attached hydrogens (tertiary/aromatic N) is 2. The van der Waals surface area contributed by atoms with Crippen molar-refractivity contribution in [3.05, 3.63) is 65.2 Å². The van der Waals surface area contributed by atoms with Crippen molar-refractivity contribution in [1.29, 1.82) is 0 Å². The van der Waals surface area contributed by atoms with Crippen LogP contribution in [0.3, 0.4) is 0 Å². The highest BCUT2D eigenvalue weighted by Crippen LogP contribution is 2.24. The van der Waals surface area contributed by atoms with E-state index in [9.17, 15) is 14.4 Å². The quantitative estimate of drug-likeness (QED) is 0.576. The molecule has 3 N–H and O–H groups in total. The van der Waals surface area contributed by atoms with Gasteiger partial charge in [-0.3, -0.25) is 19.3 Å². The molecule has 1 aliphatic carbocycles. The van der Waals surface area contributed by atoms with Crippen LogP contribution < -0.4 is 15.8 Å². The number of carbonyl (C=O) groups excluding carboxylic acids is 3. The number of methoxy groups -OCH3 is 1. The van der Waals surface area contributed by atoms with E-state index in [0.717, 1.165) is 49.1 Å². The van der Waals surface area contributed by atoms with Crippen LogP contribution in [-0.2, 0) is 9.59 Å². The molecule has 3 amide bonds. The van der Waals surface area contributed by atoms with Gasteiger partial charge in [-0.25, -0.2) is 0 Å². The van der Waals surface area contributed by atoms with Crippen LogP contribution in [-0.4, -0.2) is 67.4 Å². The Kier molecular flexibility index (Phi) is 10.3. The van der Waals surface area contributed by atoms with Crippen LogP contribution in [0.1, 0.15) is 59.6 Å². The topological polar surface area (TPSA) is 105 Å². The van der Waals surface area contributed by atoms with Gasteiger partial charge >= 0.3 is 0 Å². The summed E-state index contributed by atoms with van der Waals surface area (Å²) in [5.74, 6) is 0.349. The van der Waals surface area contributed by atoms with E-state index in [0.29, 0.717) is 12.0 Å². The van der Waals surface area contributed by atoms with Gasteiger partial charge in [0.1, 0.15) is 11.8 Å². The number of primary amides is 1. The van der Waals surface area contributed by atoms with Gasteiger partial charge in [0, 0.05) is 37.8 Å². The minimum atomic E-state index is -0.737. The molecule has 1 saturated carbocycles. The summed E-state index contributed by atoms with van der Waals surface area (Å²) in [6, 6.07) is 14.6. The first-order chi connectivity index (χ1) is 17.4. The molecule has 2 fully saturated rings. The second-order valence-electron chi connectivity index (χ2n) is 9.33. The fourth-order valence-corrected chi connectivity index (χ4v) is 4.93. The zero-order valence-corrected chi connectivity index (χ0v) is 21.3. The highest BCUT2D eigenvalue weighted by Gasteiger charge is 2.27. The zero-order chi connectivity index (χ0) is 25.9. The Morgan fingerprint density at radius 1 is 1.03 bits per heavy atom. The summed E-state index contributed by atoms with van der Waals surface area (Å²) in [7, 11) is 1.65. The molecule has 2 aliphatic rings. The van der Waals surface area contributed by atoms with Gasteiger partial charge in [0.25, 0.3) is 5.91 Å². The van der Waals surface area contributed by atoms with Crippen LogP contribution >= 0.6 is 0 Å². The number of nitrogens with one attached hydrogen (secondary N) is 1. The predicted octanol–water partition coefficient (Wildman–Crippen LogP) is 3.05. The molecule has 4 rings (SSSR count). The second-order valence-corrected chi connectivity index (χ2v) is 9.33. The van der Waals surface area contributed by atoms with Gasteiger partial charge in [-0.05, 0) is 43.0 Å². The van der Waals surface area contributed by atoms with E-state index in [1.807, 2.05) is 36.1 Å². The maximum Gasteiger partial charge on any atom is 0.254 e. The average Bonchev–Trinajstić information content (AvgIpc) is 2.93. The number of benzene rings is 2. The van der Waals surface area contributed by atoms with Crippen molar-refractivity contribution in [1.82, 2.24) is 15.1 Å². The highest BCUT2D eigenvalue weighted by molar-refractivity contribution is 5.94. The van der Waals surface area contributed by atoms with Crippen molar-refractivity contribution in [2.75, 3.05) is 33.3 Å². The molecule has 1 heterocycles. The van der Waals surface area contributed by atoms with Crippen LogP contribution in [0.25, 0.3) is 0 Å². The zero-order valence-electron chi connectivity index (χ0n) is 21.3. The molecule has 1 aliphatic heterocycles. The van der Waals surface area contributed by atoms with Crippen LogP contribution in [0.5, 0.6) is 5.75 Å². The van der Waals surface area contributed by atoms with Crippen molar-refractivity contribution >= 4 is 18.2 Å². The first kappa shape index (κ1) is 27.2. The Bertz CT molecular complexity index is 1000. The summed E-state index contributed by atoms with van der Waals surface area (Å²) in [4.78, 5) is 38.4. The number of amides is 3. The number of aryl methyl sites for hydroxylation is 1. The lowest BCUT2D eigenvalue weighted by Crippen LogP contribution is -2.52. The van der Waals surface area contributed by atoms with Gasteiger partial charge in [0.2, 0.25) is 12.3 Å². The summed E-state index contributed by atoms with van der Waals surface area (Å²) in [6.45, 7) is 5.70. The van der Waals surface area contributed by atoms with Gasteiger partial charge in [-0.15, -0.1) is 0 Å². The molecule has 0 spiro atoms. The Labute approximate surface area is 213 Å². The monoisotopic (exact) mass is 494 g/mol. The summed E-state index contributed by atoms with van der Waals surface area (Å²) in [5.41, 5.74) is 7.57. The Balaban J connectivity index is 0.000000236. The molecule has 0 aromatic heterocycles. The lowest BCUT2D eigenvalue weighted by molar-refractivity contribution is -0.122. The Hall–Kier alpha value is -3.39. The van der Waals surface area contributed by atoms with Crippen LogP contribution in [0, 0.1) is 6.92 Å². The standard InChI is InChI=1S/C19H28N2O2.C9H10N2O2/c1-15-8-9-16(14-18(15)23-2)19(22)21-12-10-20(11-13-21)17-6-4-3-5-7-17;10-9(13)8(11-6-12)7-4-2-1-3-5-7/h8-9,14,17H,3-7,10-13H2,1-2H3;1-6,8H,(H2,10,13)(H,11,12). The normalized spacial score (nSPS) is 17.3. The number of ether oxygens (including phenoxy) is 1. The fourth-order valence-electron chi connectivity index (χ4n) is 4.93.